The van der Waals surface area contributed by atoms with Crippen LogP contribution in [0.1, 0.15) is 0 Å². The molecule has 0 bridgehead atoms. The third-order valence-corrected chi connectivity index (χ3v) is 5.00. The van der Waals surface area contributed by atoms with Crippen molar-refractivity contribution in [1.29, 1.82) is 0 Å². The van der Waals surface area contributed by atoms with Crippen LogP contribution in [0, 0.1) is 5.82 Å². The predicted octanol–water partition coefficient (Wildman–Crippen LogP) is 3.68. The minimum absolute atomic E-state index is 0.0104. The van der Waals surface area contributed by atoms with Crippen LogP contribution in [0.25, 0.3) is 11.3 Å². The van der Waals surface area contributed by atoms with Crippen molar-refractivity contribution in [2.45, 2.75) is 4.90 Å². The van der Waals surface area contributed by atoms with Crippen molar-refractivity contribution in [2.24, 2.45) is 0 Å². The summed E-state index contributed by atoms with van der Waals surface area (Å²) in [4.78, 5) is 6.55. The first kappa shape index (κ1) is 17.2. The Hall–Kier alpha value is -2.58. The zero-order valence-corrected chi connectivity index (χ0v) is 14.5. The first-order valence-corrected chi connectivity index (χ1v) is 8.93. The molecule has 0 saturated heterocycles. The van der Waals surface area contributed by atoms with Gasteiger partial charge < -0.3 is 9.72 Å². The Bertz CT molecular complexity index is 1010. The van der Waals surface area contributed by atoms with Gasteiger partial charge in [0.1, 0.15) is 10.6 Å². The number of pyridine rings is 1. The van der Waals surface area contributed by atoms with Gasteiger partial charge in [0.25, 0.3) is 10.0 Å². The van der Waals surface area contributed by atoms with Crippen LogP contribution in [-0.4, -0.2) is 25.5 Å². The van der Waals surface area contributed by atoms with E-state index >= 15 is 0 Å². The molecule has 2 N–H and O–H groups in total. The summed E-state index contributed by atoms with van der Waals surface area (Å²) < 4.78 is 45.9. The fourth-order valence-electron chi connectivity index (χ4n) is 2.20. The molecule has 0 radical (unpaired) electrons. The molecule has 0 saturated carbocycles. The van der Waals surface area contributed by atoms with Crippen molar-refractivity contribution < 1.29 is 17.5 Å². The average Bonchev–Trinajstić information content (AvgIpc) is 3.09. The molecule has 1 aromatic carbocycles. The number of aromatic nitrogens is 2. The van der Waals surface area contributed by atoms with Crippen molar-refractivity contribution in [3.63, 3.8) is 0 Å². The molecule has 0 amide bonds. The second-order valence-corrected chi connectivity index (χ2v) is 7.08. The minimum Gasteiger partial charge on any atom is -0.479 e. The first-order valence-electron chi connectivity index (χ1n) is 7.07. The van der Waals surface area contributed by atoms with Gasteiger partial charge in [-0.1, -0.05) is 41.9 Å². The number of nitrogens with zero attached hydrogens (tertiary/aromatic N) is 1. The van der Waals surface area contributed by atoms with Crippen LogP contribution in [0.5, 0.6) is 5.88 Å². The van der Waals surface area contributed by atoms with Crippen LogP contribution < -0.4 is 9.46 Å². The lowest BCUT2D eigenvalue weighted by Gasteiger charge is -2.10. The molecular weight excluding hydrogens is 369 g/mol. The fourth-order valence-corrected chi connectivity index (χ4v) is 3.37. The molecule has 3 rings (SSSR count). The molecule has 0 atom stereocenters. The number of H-pyrrole nitrogens is 1. The number of aromatic amines is 1. The first-order chi connectivity index (χ1) is 11.9. The van der Waals surface area contributed by atoms with E-state index in [0.717, 1.165) is 11.6 Å². The highest BCUT2D eigenvalue weighted by Crippen LogP contribution is 2.29. The largest absolute Gasteiger partial charge is 0.479 e. The van der Waals surface area contributed by atoms with Gasteiger partial charge in [-0.2, -0.15) is 4.98 Å². The number of nitrogens with one attached hydrogen (secondary N) is 2. The van der Waals surface area contributed by atoms with E-state index in [1.165, 1.54) is 19.4 Å². The van der Waals surface area contributed by atoms with Crippen molar-refractivity contribution in [1.82, 2.24) is 9.97 Å². The van der Waals surface area contributed by atoms with Crippen molar-refractivity contribution in [3.05, 3.63) is 59.6 Å². The Labute approximate surface area is 148 Å². The average molecular weight is 382 g/mol. The Morgan fingerprint density at radius 2 is 1.96 bits per heavy atom. The van der Waals surface area contributed by atoms with Crippen LogP contribution >= 0.6 is 11.6 Å². The molecule has 0 aliphatic rings. The van der Waals surface area contributed by atoms with Crippen LogP contribution in [0.15, 0.2) is 53.6 Å². The summed E-state index contributed by atoms with van der Waals surface area (Å²) >= 11 is 5.58. The zero-order chi connectivity index (χ0) is 18.0. The maximum Gasteiger partial charge on any atom is 0.263 e. The quantitative estimate of drug-likeness (QED) is 0.660. The Balaban J connectivity index is 1.93. The van der Waals surface area contributed by atoms with Crippen molar-refractivity contribution in [2.75, 3.05) is 11.8 Å². The van der Waals surface area contributed by atoms with Gasteiger partial charge in [0, 0.05) is 18.0 Å². The van der Waals surface area contributed by atoms with Crippen LogP contribution in [0.3, 0.4) is 0 Å². The van der Waals surface area contributed by atoms with E-state index in [1.54, 1.807) is 0 Å². The molecule has 6 nitrogen and oxygen atoms in total. The number of ether oxygens (including phenoxy) is 1. The lowest BCUT2D eigenvalue weighted by Crippen LogP contribution is -2.13. The van der Waals surface area contributed by atoms with Gasteiger partial charge in [0.15, 0.2) is 11.0 Å². The summed E-state index contributed by atoms with van der Waals surface area (Å²) in [5, 5.41) is -0.409. The van der Waals surface area contributed by atoms with Crippen molar-refractivity contribution in [3.8, 4) is 17.1 Å². The van der Waals surface area contributed by atoms with E-state index in [9.17, 15) is 12.8 Å². The monoisotopic (exact) mass is 381 g/mol. The molecule has 0 unspecified atom stereocenters. The van der Waals surface area contributed by atoms with Gasteiger partial charge in [-0.25, -0.2) is 12.8 Å². The van der Waals surface area contributed by atoms with E-state index in [2.05, 4.69) is 14.7 Å². The molecule has 9 heteroatoms. The van der Waals surface area contributed by atoms with Crippen LogP contribution in [0.2, 0.25) is 5.15 Å². The number of hydrogen-bond acceptors (Lipinski definition) is 4. The van der Waals surface area contributed by atoms with E-state index in [4.69, 9.17) is 16.3 Å². The number of halogens is 2. The molecule has 2 aromatic heterocycles. The number of hydrogen-bond donors (Lipinski definition) is 2. The third kappa shape index (κ3) is 3.59. The number of sulfonamides is 1. The topological polar surface area (TPSA) is 84.1 Å². The molecule has 2 heterocycles. The van der Waals surface area contributed by atoms with Gasteiger partial charge in [-0.3, -0.25) is 4.72 Å². The molecule has 0 aliphatic carbocycles. The predicted molar refractivity (Wildman–Crippen MR) is 92.8 cm³/mol. The minimum atomic E-state index is -3.97. The van der Waals surface area contributed by atoms with E-state index < -0.39 is 21.0 Å². The SMILES string of the molecule is COc1nc(Cl)c(F)cc1NS(=O)(=O)c1c[nH]c(-c2ccccc2)c1. The second kappa shape index (κ2) is 6.73. The maximum atomic E-state index is 13.6. The molecule has 25 heavy (non-hydrogen) atoms. The molecule has 0 fully saturated rings. The number of benzene rings is 1. The molecular formula is C16H13ClFN3O3S. The highest BCUT2D eigenvalue weighted by Gasteiger charge is 2.21. The van der Waals surface area contributed by atoms with Gasteiger partial charge in [-0.05, 0) is 11.6 Å². The van der Waals surface area contributed by atoms with Gasteiger partial charge in [0.05, 0.1) is 7.11 Å². The summed E-state index contributed by atoms with van der Waals surface area (Å²) in [6.07, 6.45) is 1.34. The lowest BCUT2D eigenvalue weighted by molar-refractivity contribution is 0.398. The summed E-state index contributed by atoms with van der Waals surface area (Å²) in [6, 6.07) is 11.6. The van der Waals surface area contributed by atoms with Crippen molar-refractivity contribution >= 4 is 27.3 Å². The molecule has 130 valence electrons. The standard InChI is InChI=1S/C16H13ClFN3O3S/c1-24-16-14(8-12(18)15(17)20-16)21-25(22,23)11-7-13(19-9-11)10-5-3-2-4-6-10/h2-9,19,21H,1H3. The third-order valence-electron chi connectivity index (χ3n) is 3.39. The Morgan fingerprint density at radius 1 is 1.24 bits per heavy atom. The van der Waals surface area contributed by atoms with Gasteiger partial charge >= 0.3 is 0 Å². The molecule has 0 spiro atoms. The van der Waals surface area contributed by atoms with E-state index in [1.807, 2.05) is 30.3 Å². The summed E-state index contributed by atoms with van der Waals surface area (Å²) in [5.41, 5.74) is 1.32. The number of rotatable bonds is 5. The van der Waals surface area contributed by atoms with Crippen LogP contribution in [-0.2, 0) is 10.0 Å². The number of methoxy groups -OCH3 is 1. The highest BCUT2D eigenvalue weighted by atomic mass is 35.5. The number of anilines is 1. The summed E-state index contributed by atoms with van der Waals surface area (Å²) in [6.45, 7) is 0. The lowest BCUT2D eigenvalue weighted by atomic mass is 10.2. The maximum absolute atomic E-state index is 13.6. The summed E-state index contributed by atoms with van der Waals surface area (Å²) in [5.74, 6) is -0.993. The molecule has 0 aliphatic heterocycles. The second-order valence-electron chi connectivity index (χ2n) is 5.04. The molecule has 3 aromatic rings. The fraction of sp³-hybridized carbons (Fsp3) is 0.0625. The zero-order valence-electron chi connectivity index (χ0n) is 13.0. The Kier molecular flexibility index (Phi) is 4.65. The van der Waals surface area contributed by atoms with Crippen LogP contribution in [0.4, 0.5) is 10.1 Å². The summed E-state index contributed by atoms with van der Waals surface area (Å²) in [7, 11) is -2.70. The van der Waals surface area contributed by atoms with Gasteiger partial charge in [0.2, 0.25) is 5.88 Å². The highest BCUT2D eigenvalue weighted by molar-refractivity contribution is 7.92. The van der Waals surface area contributed by atoms with Gasteiger partial charge in [-0.15, -0.1) is 0 Å². The van der Waals surface area contributed by atoms with E-state index in [0.29, 0.717) is 5.69 Å². The normalized spacial score (nSPS) is 11.3. The smallest absolute Gasteiger partial charge is 0.263 e. The Morgan fingerprint density at radius 3 is 2.64 bits per heavy atom. The van der Waals surface area contributed by atoms with E-state index in [-0.39, 0.29) is 16.5 Å².